The summed E-state index contributed by atoms with van der Waals surface area (Å²) in [6.07, 6.45) is 5.07. The number of rotatable bonds is 6. The zero-order valence-corrected chi connectivity index (χ0v) is 15.5. The number of carbonyl (C=O) groups is 1. The number of nitrogens with zero attached hydrogens (tertiary/aromatic N) is 3. The SMILES string of the molecule is O=C(COc1ccc(-c2nnco2)cc1)Nc1ccc(N2CCCCC2)cc1. The molecular formula is C21H22N4O3. The first kappa shape index (κ1) is 18.0. The molecule has 144 valence electrons. The second-order valence-corrected chi connectivity index (χ2v) is 6.70. The molecule has 0 radical (unpaired) electrons. The maximum absolute atomic E-state index is 12.1. The van der Waals surface area contributed by atoms with E-state index in [2.05, 4.69) is 32.5 Å². The van der Waals surface area contributed by atoms with Gasteiger partial charge < -0.3 is 19.4 Å². The van der Waals surface area contributed by atoms with E-state index in [1.807, 2.05) is 12.1 Å². The highest BCUT2D eigenvalue weighted by Crippen LogP contribution is 2.22. The van der Waals surface area contributed by atoms with E-state index in [1.54, 1.807) is 24.3 Å². The lowest BCUT2D eigenvalue weighted by molar-refractivity contribution is -0.118. The summed E-state index contributed by atoms with van der Waals surface area (Å²) < 4.78 is 10.7. The molecule has 2 aromatic carbocycles. The Morgan fingerprint density at radius 2 is 1.79 bits per heavy atom. The summed E-state index contributed by atoms with van der Waals surface area (Å²) in [5.74, 6) is 0.836. The molecule has 4 rings (SSSR count). The Morgan fingerprint density at radius 3 is 2.46 bits per heavy atom. The van der Waals surface area contributed by atoms with Crippen LogP contribution in [0.1, 0.15) is 19.3 Å². The van der Waals surface area contributed by atoms with Gasteiger partial charge in [0.25, 0.3) is 5.91 Å². The smallest absolute Gasteiger partial charge is 0.262 e. The zero-order valence-electron chi connectivity index (χ0n) is 15.5. The minimum atomic E-state index is -0.202. The topological polar surface area (TPSA) is 80.5 Å². The number of aromatic nitrogens is 2. The van der Waals surface area contributed by atoms with Gasteiger partial charge in [0, 0.05) is 30.0 Å². The van der Waals surface area contributed by atoms with Crippen LogP contribution in [-0.4, -0.2) is 35.8 Å². The van der Waals surface area contributed by atoms with Gasteiger partial charge in [0.1, 0.15) is 5.75 Å². The van der Waals surface area contributed by atoms with Gasteiger partial charge in [-0.3, -0.25) is 4.79 Å². The summed E-state index contributed by atoms with van der Waals surface area (Å²) in [6.45, 7) is 2.14. The number of anilines is 2. The standard InChI is InChI=1S/C21H22N4O3/c26-20(14-27-19-10-4-16(5-11-19)21-24-22-15-28-21)23-17-6-8-18(9-7-17)25-12-2-1-3-13-25/h4-11,15H,1-3,12-14H2,(H,23,26). The molecule has 1 aromatic heterocycles. The van der Waals surface area contributed by atoms with Crippen molar-refractivity contribution in [3.05, 3.63) is 54.9 Å². The number of ether oxygens (including phenoxy) is 1. The van der Waals surface area contributed by atoms with Crippen molar-refractivity contribution in [2.45, 2.75) is 19.3 Å². The minimum absolute atomic E-state index is 0.0617. The molecule has 1 fully saturated rings. The number of amides is 1. The number of carbonyl (C=O) groups excluding carboxylic acids is 1. The molecule has 1 N–H and O–H groups in total. The lowest BCUT2D eigenvalue weighted by Gasteiger charge is -2.28. The first-order valence-electron chi connectivity index (χ1n) is 9.42. The fourth-order valence-corrected chi connectivity index (χ4v) is 3.25. The van der Waals surface area contributed by atoms with E-state index in [-0.39, 0.29) is 12.5 Å². The number of hydrogen-bond acceptors (Lipinski definition) is 6. The third-order valence-corrected chi connectivity index (χ3v) is 4.70. The fraction of sp³-hybridized carbons (Fsp3) is 0.286. The molecular weight excluding hydrogens is 356 g/mol. The Kier molecular flexibility index (Phi) is 5.51. The second-order valence-electron chi connectivity index (χ2n) is 6.70. The van der Waals surface area contributed by atoms with E-state index in [0.717, 1.165) is 24.3 Å². The number of benzene rings is 2. The van der Waals surface area contributed by atoms with E-state index < -0.39 is 0 Å². The van der Waals surface area contributed by atoms with Gasteiger partial charge in [-0.1, -0.05) is 0 Å². The Balaban J connectivity index is 1.27. The monoisotopic (exact) mass is 378 g/mol. The van der Waals surface area contributed by atoms with Crippen molar-refractivity contribution < 1.29 is 13.9 Å². The highest BCUT2D eigenvalue weighted by atomic mass is 16.5. The third-order valence-electron chi connectivity index (χ3n) is 4.70. The van der Waals surface area contributed by atoms with E-state index in [1.165, 1.54) is 31.3 Å². The Morgan fingerprint density at radius 1 is 1.04 bits per heavy atom. The summed E-state index contributed by atoms with van der Waals surface area (Å²) in [4.78, 5) is 14.5. The maximum Gasteiger partial charge on any atom is 0.262 e. The summed E-state index contributed by atoms with van der Waals surface area (Å²) in [6, 6.07) is 15.1. The molecule has 0 atom stereocenters. The van der Waals surface area contributed by atoms with Crippen LogP contribution < -0.4 is 15.0 Å². The third kappa shape index (κ3) is 4.49. The van der Waals surface area contributed by atoms with E-state index in [9.17, 15) is 4.79 Å². The molecule has 3 aromatic rings. The molecule has 1 saturated heterocycles. The summed E-state index contributed by atoms with van der Waals surface area (Å²) >= 11 is 0. The average Bonchev–Trinajstić information content (AvgIpc) is 3.29. The van der Waals surface area contributed by atoms with Crippen molar-refractivity contribution in [3.63, 3.8) is 0 Å². The van der Waals surface area contributed by atoms with Gasteiger partial charge in [-0.05, 0) is 67.8 Å². The van der Waals surface area contributed by atoms with Gasteiger partial charge in [-0.2, -0.15) is 0 Å². The van der Waals surface area contributed by atoms with Gasteiger partial charge in [0.2, 0.25) is 12.3 Å². The van der Waals surface area contributed by atoms with E-state index in [4.69, 9.17) is 9.15 Å². The van der Waals surface area contributed by atoms with Crippen LogP contribution in [0, 0.1) is 0 Å². The van der Waals surface area contributed by atoms with Crippen molar-refractivity contribution >= 4 is 17.3 Å². The summed E-state index contributed by atoms with van der Waals surface area (Å²) in [5.41, 5.74) is 2.76. The summed E-state index contributed by atoms with van der Waals surface area (Å²) in [5, 5.41) is 10.4. The van der Waals surface area contributed by atoms with Gasteiger partial charge in [0.05, 0.1) is 0 Å². The number of nitrogens with one attached hydrogen (secondary N) is 1. The highest BCUT2D eigenvalue weighted by molar-refractivity contribution is 5.92. The Labute approximate surface area is 163 Å². The van der Waals surface area contributed by atoms with Crippen molar-refractivity contribution in [3.8, 4) is 17.2 Å². The molecule has 1 amide bonds. The quantitative estimate of drug-likeness (QED) is 0.704. The van der Waals surface area contributed by atoms with Crippen molar-refractivity contribution in [1.82, 2.24) is 10.2 Å². The molecule has 0 unspecified atom stereocenters. The largest absolute Gasteiger partial charge is 0.484 e. The van der Waals surface area contributed by atoms with Gasteiger partial charge >= 0.3 is 0 Å². The van der Waals surface area contributed by atoms with Crippen LogP contribution in [0.5, 0.6) is 5.75 Å². The lowest BCUT2D eigenvalue weighted by atomic mass is 10.1. The van der Waals surface area contributed by atoms with Gasteiger partial charge in [-0.15, -0.1) is 10.2 Å². The molecule has 0 bridgehead atoms. The molecule has 7 nitrogen and oxygen atoms in total. The molecule has 0 saturated carbocycles. The van der Waals surface area contributed by atoms with Crippen LogP contribution in [0.15, 0.2) is 59.3 Å². The van der Waals surface area contributed by atoms with Crippen molar-refractivity contribution in [2.24, 2.45) is 0 Å². The van der Waals surface area contributed by atoms with Crippen molar-refractivity contribution in [1.29, 1.82) is 0 Å². The zero-order chi connectivity index (χ0) is 19.2. The molecule has 0 spiro atoms. The molecule has 28 heavy (non-hydrogen) atoms. The first-order valence-corrected chi connectivity index (χ1v) is 9.42. The predicted octanol–water partition coefficient (Wildman–Crippen LogP) is 3.74. The van der Waals surface area contributed by atoms with Gasteiger partial charge in [-0.25, -0.2) is 0 Å². The van der Waals surface area contributed by atoms with Crippen LogP contribution in [0.25, 0.3) is 11.5 Å². The summed E-state index contributed by atoms with van der Waals surface area (Å²) in [7, 11) is 0. The van der Waals surface area contributed by atoms with Crippen molar-refractivity contribution in [2.75, 3.05) is 29.9 Å². The maximum atomic E-state index is 12.1. The molecule has 1 aliphatic rings. The average molecular weight is 378 g/mol. The van der Waals surface area contributed by atoms with Crippen LogP contribution >= 0.6 is 0 Å². The predicted molar refractivity (Wildman–Crippen MR) is 106 cm³/mol. The van der Waals surface area contributed by atoms with Crippen LogP contribution in [0.2, 0.25) is 0 Å². The number of hydrogen-bond donors (Lipinski definition) is 1. The Hall–Kier alpha value is -3.35. The second kappa shape index (κ2) is 8.56. The van der Waals surface area contributed by atoms with E-state index in [0.29, 0.717) is 11.6 Å². The minimum Gasteiger partial charge on any atom is -0.484 e. The Bertz CT molecular complexity index is 886. The molecule has 7 heteroatoms. The van der Waals surface area contributed by atoms with Crippen LogP contribution in [0.3, 0.4) is 0 Å². The van der Waals surface area contributed by atoms with Crippen LogP contribution in [-0.2, 0) is 4.79 Å². The lowest BCUT2D eigenvalue weighted by Crippen LogP contribution is -2.29. The molecule has 1 aliphatic heterocycles. The first-order chi connectivity index (χ1) is 13.8. The fourth-order valence-electron chi connectivity index (χ4n) is 3.25. The highest BCUT2D eigenvalue weighted by Gasteiger charge is 2.11. The van der Waals surface area contributed by atoms with Crippen LogP contribution in [0.4, 0.5) is 11.4 Å². The van der Waals surface area contributed by atoms with Gasteiger partial charge in [0.15, 0.2) is 6.61 Å². The number of piperidine rings is 1. The molecule has 0 aliphatic carbocycles. The normalized spacial score (nSPS) is 13.9. The van der Waals surface area contributed by atoms with E-state index >= 15 is 0 Å². The molecule has 2 heterocycles.